The second kappa shape index (κ2) is 6.45. The third-order valence-electron chi connectivity index (χ3n) is 3.18. The summed E-state index contributed by atoms with van der Waals surface area (Å²) in [6.45, 7) is -2.58. The van der Waals surface area contributed by atoms with Gasteiger partial charge in [-0.05, 0) is 12.6 Å². The van der Waals surface area contributed by atoms with Crippen LogP contribution in [0.15, 0.2) is 42.7 Å². The normalized spacial score (nSPS) is 12.8. The van der Waals surface area contributed by atoms with Crippen molar-refractivity contribution in [1.29, 1.82) is 0 Å². The number of hydrogen-bond acceptors (Lipinski definition) is 3. The number of carbonyl (C=O) groups excluding carboxylic acids is 1. The van der Waals surface area contributed by atoms with Gasteiger partial charge in [0.1, 0.15) is 11.9 Å². The van der Waals surface area contributed by atoms with Gasteiger partial charge in [0.05, 0.1) is 6.54 Å². The van der Waals surface area contributed by atoms with Gasteiger partial charge in [-0.2, -0.15) is 8.78 Å². The molecule has 0 fully saturated rings. The van der Waals surface area contributed by atoms with E-state index in [2.05, 4.69) is 4.98 Å². The molecule has 0 saturated carbocycles. The van der Waals surface area contributed by atoms with Crippen molar-refractivity contribution in [3.8, 4) is 0 Å². The molecule has 0 aliphatic carbocycles. The fourth-order valence-corrected chi connectivity index (χ4v) is 2.23. The molecule has 1 heterocycles. The molecule has 0 radical (unpaired) electrons. The standard InChI is InChI=1S/C14H16F2N4O/c1-19(9-11-18-7-8-20(11)14(15)16)12(13(17)21)10-5-3-2-4-6-10/h2-8,12,14H,9H2,1H3,(H2,17,21). The van der Waals surface area contributed by atoms with Gasteiger partial charge in [0.15, 0.2) is 0 Å². The molecule has 1 unspecified atom stereocenters. The monoisotopic (exact) mass is 294 g/mol. The first kappa shape index (κ1) is 15.1. The molecule has 0 aliphatic rings. The lowest BCUT2D eigenvalue weighted by molar-refractivity contribution is -0.123. The van der Waals surface area contributed by atoms with Crippen LogP contribution in [0, 0.1) is 0 Å². The van der Waals surface area contributed by atoms with E-state index in [9.17, 15) is 13.6 Å². The van der Waals surface area contributed by atoms with Gasteiger partial charge in [-0.3, -0.25) is 14.3 Å². The minimum Gasteiger partial charge on any atom is -0.368 e. The number of imidazole rings is 1. The number of aromatic nitrogens is 2. The van der Waals surface area contributed by atoms with E-state index in [-0.39, 0.29) is 12.4 Å². The number of nitrogens with two attached hydrogens (primary N) is 1. The Morgan fingerprint density at radius 3 is 2.62 bits per heavy atom. The van der Waals surface area contributed by atoms with Gasteiger partial charge in [-0.1, -0.05) is 30.3 Å². The van der Waals surface area contributed by atoms with Crippen LogP contribution in [0.5, 0.6) is 0 Å². The predicted octanol–water partition coefficient (Wildman–Crippen LogP) is 1.94. The first-order chi connectivity index (χ1) is 10.0. The summed E-state index contributed by atoms with van der Waals surface area (Å²) in [5, 5.41) is 0. The summed E-state index contributed by atoms with van der Waals surface area (Å²) in [5.41, 5.74) is 6.15. The molecule has 112 valence electrons. The first-order valence-electron chi connectivity index (χ1n) is 6.35. The van der Waals surface area contributed by atoms with E-state index in [4.69, 9.17) is 5.73 Å². The molecule has 5 nitrogen and oxygen atoms in total. The molecule has 2 N–H and O–H groups in total. The molecule has 2 rings (SSSR count). The van der Waals surface area contributed by atoms with Gasteiger partial charge >= 0.3 is 6.55 Å². The first-order valence-corrected chi connectivity index (χ1v) is 6.35. The minimum atomic E-state index is -2.67. The molecule has 1 atom stereocenters. The number of likely N-dealkylation sites (N-methyl/N-ethyl adjacent to an activating group) is 1. The summed E-state index contributed by atoms with van der Waals surface area (Å²) in [6.07, 6.45) is 2.51. The summed E-state index contributed by atoms with van der Waals surface area (Å²) in [5.74, 6) is -0.367. The number of alkyl halides is 2. The fraction of sp³-hybridized carbons (Fsp3) is 0.286. The van der Waals surface area contributed by atoms with Crippen molar-refractivity contribution in [3.63, 3.8) is 0 Å². The zero-order chi connectivity index (χ0) is 15.4. The highest BCUT2D eigenvalue weighted by Crippen LogP contribution is 2.22. The highest BCUT2D eigenvalue weighted by Gasteiger charge is 2.24. The van der Waals surface area contributed by atoms with Crippen molar-refractivity contribution in [1.82, 2.24) is 14.5 Å². The van der Waals surface area contributed by atoms with E-state index in [1.165, 1.54) is 12.4 Å². The highest BCUT2D eigenvalue weighted by atomic mass is 19.3. The van der Waals surface area contributed by atoms with Crippen molar-refractivity contribution in [2.75, 3.05) is 7.05 Å². The molecule has 1 aromatic heterocycles. The maximum absolute atomic E-state index is 12.8. The maximum Gasteiger partial charge on any atom is 0.319 e. The Hall–Kier alpha value is -2.28. The van der Waals surface area contributed by atoms with E-state index in [1.807, 2.05) is 6.07 Å². The molecular weight excluding hydrogens is 278 g/mol. The van der Waals surface area contributed by atoms with E-state index in [0.717, 1.165) is 4.57 Å². The van der Waals surface area contributed by atoms with Crippen LogP contribution < -0.4 is 5.73 Å². The Bertz CT molecular complexity index is 600. The van der Waals surface area contributed by atoms with Gasteiger partial charge in [0.2, 0.25) is 5.91 Å². The molecule has 0 aliphatic heterocycles. The Morgan fingerprint density at radius 1 is 1.38 bits per heavy atom. The lowest BCUT2D eigenvalue weighted by atomic mass is 10.1. The fourth-order valence-electron chi connectivity index (χ4n) is 2.23. The minimum absolute atomic E-state index is 0.0832. The van der Waals surface area contributed by atoms with Crippen LogP contribution in [0.3, 0.4) is 0 Å². The van der Waals surface area contributed by atoms with E-state index in [0.29, 0.717) is 5.56 Å². The largest absolute Gasteiger partial charge is 0.368 e. The average Bonchev–Trinajstić information content (AvgIpc) is 2.88. The average molecular weight is 294 g/mol. The quantitative estimate of drug-likeness (QED) is 0.885. The van der Waals surface area contributed by atoms with E-state index in [1.54, 1.807) is 36.2 Å². The number of benzene rings is 1. The number of halogens is 2. The summed E-state index contributed by atoms with van der Waals surface area (Å²) < 4.78 is 26.4. The number of amides is 1. The topological polar surface area (TPSA) is 64.2 Å². The van der Waals surface area contributed by atoms with Gasteiger partial charge < -0.3 is 5.73 Å². The summed E-state index contributed by atoms with van der Waals surface area (Å²) in [4.78, 5) is 17.2. The Labute approximate surface area is 121 Å². The van der Waals surface area contributed by atoms with Crippen molar-refractivity contribution < 1.29 is 13.6 Å². The second-order valence-electron chi connectivity index (χ2n) is 4.66. The zero-order valence-corrected chi connectivity index (χ0v) is 11.5. The Morgan fingerprint density at radius 2 is 2.05 bits per heavy atom. The number of carbonyl (C=O) groups is 1. The van der Waals surface area contributed by atoms with Gasteiger partial charge in [-0.25, -0.2) is 4.98 Å². The molecule has 0 bridgehead atoms. The van der Waals surface area contributed by atoms with Crippen LogP contribution in [0.2, 0.25) is 0 Å². The Balaban J connectivity index is 2.22. The van der Waals surface area contributed by atoms with Crippen molar-refractivity contribution in [2.45, 2.75) is 19.1 Å². The van der Waals surface area contributed by atoms with E-state index < -0.39 is 18.5 Å². The van der Waals surface area contributed by atoms with Crippen LogP contribution >= 0.6 is 0 Å². The van der Waals surface area contributed by atoms with E-state index >= 15 is 0 Å². The number of primary amides is 1. The van der Waals surface area contributed by atoms with Gasteiger partial charge in [0, 0.05) is 12.4 Å². The van der Waals surface area contributed by atoms with Gasteiger partial charge in [0.25, 0.3) is 0 Å². The van der Waals surface area contributed by atoms with Crippen molar-refractivity contribution >= 4 is 5.91 Å². The summed E-state index contributed by atoms with van der Waals surface area (Å²) in [6, 6.07) is 8.24. The lowest BCUT2D eigenvalue weighted by Crippen LogP contribution is -2.35. The number of nitrogens with zero attached hydrogens (tertiary/aromatic N) is 3. The molecule has 0 saturated heterocycles. The molecule has 1 amide bonds. The molecule has 0 spiro atoms. The maximum atomic E-state index is 12.8. The van der Waals surface area contributed by atoms with Crippen LogP contribution in [-0.2, 0) is 11.3 Å². The van der Waals surface area contributed by atoms with Crippen molar-refractivity contribution in [2.24, 2.45) is 5.73 Å². The van der Waals surface area contributed by atoms with Crippen LogP contribution in [0.4, 0.5) is 8.78 Å². The summed E-state index contributed by atoms with van der Waals surface area (Å²) >= 11 is 0. The molecule has 1 aromatic carbocycles. The second-order valence-corrected chi connectivity index (χ2v) is 4.66. The third-order valence-corrected chi connectivity index (χ3v) is 3.18. The lowest BCUT2D eigenvalue weighted by Gasteiger charge is -2.25. The molecular formula is C14H16F2N4O. The number of rotatable bonds is 6. The SMILES string of the molecule is CN(Cc1nccn1C(F)F)C(C(N)=O)c1ccccc1. The smallest absolute Gasteiger partial charge is 0.319 e. The summed E-state index contributed by atoms with van der Waals surface area (Å²) in [7, 11) is 1.65. The molecule has 7 heteroatoms. The third kappa shape index (κ3) is 3.43. The van der Waals surface area contributed by atoms with Crippen molar-refractivity contribution in [3.05, 3.63) is 54.1 Å². The predicted molar refractivity (Wildman–Crippen MR) is 73.3 cm³/mol. The zero-order valence-electron chi connectivity index (χ0n) is 11.5. The van der Waals surface area contributed by atoms with Crippen LogP contribution in [-0.4, -0.2) is 27.4 Å². The van der Waals surface area contributed by atoms with Crippen LogP contribution in [0.25, 0.3) is 0 Å². The van der Waals surface area contributed by atoms with Gasteiger partial charge in [-0.15, -0.1) is 0 Å². The Kier molecular flexibility index (Phi) is 4.64. The molecule has 2 aromatic rings. The molecule has 21 heavy (non-hydrogen) atoms. The number of hydrogen-bond donors (Lipinski definition) is 1. The highest BCUT2D eigenvalue weighted by molar-refractivity contribution is 5.81. The van der Waals surface area contributed by atoms with Crippen LogP contribution in [0.1, 0.15) is 24.0 Å².